The van der Waals surface area contributed by atoms with E-state index in [-0.39, 0.29) is 36.9 Å². The lowest BCUT2D eigenvalue weighted by molar-refractivity contribution is -0.142. The molecule has 4 aromatic carbocycles. The Morgan fingerprint density at radius 2 is 1.45 bits per heavy atom. The van der Waals surface area contributed by atoms with Crippen LogP contribution in [0.1, 0.15) is 16.7 Å². The number of carbonyl (C=O) groups is 2. The van der Waals surface area contributed by atoms with Gasteiger partial charge < -0.3 is 19.7 Å². The average molecular weight is 660 g/mol. The molecule has 0 bridgehead atoms. The highest BCUT2D eigenvalue weighted by Gasteiger charge is 2.31. The molecule has 9 nitrogen and oxygen atoms in total. The maximum Gasteiger partial charge on any atom is 0.261 e. The van der Waals surface area contributed by atoms with Crippen LogP contribution < -0.4 is 10.1 Å². The van der Waals surface area contributed by atoms with Gasteiger partial charge in [-0.05, 0) is 59.5 Å². The van der Waals surface area contributed by atoms with Gasteiger partial charge in [0.25, 0.3) is 5.91 Å². The minimum Gasteiger partial charge on any atom is -0.484 e. The summed E-state index contributed by atoms with van der Waals surface area (Å²) in [5.41, 5.74) is 2.59. The predicted octanol–water partition coefficient (Wildman–Crippen LogP) is 4.22. The van der Waals surface area contributed by atoms with Crippen LogP contribution in [0.15, 0.2) is 114 Å². The van der Waals surface area contributed by atoms with Crippen molar-refractivity contribution in [3.63, 3.8) is 0 Å². The molecule has 0 saturated carbocycles. The molecule has 1 aliphatic heterocycles. The predicted molar refractivity (Wildman–Crippen MR) is 176 cm³/mol. The standard InChI is InChI=1S/C36H38FN3O6S/c37-31-13-11-30(12-14-31)26-40(34(25-29-9-5-2-6-10-29)36(42)38-20-19-28-7-3-1-4-8-28)35(41)27-46-32-15-17-33(18-16-32)47(43,44)39-21-23-45-24-22-39/h1-18,34H,19-27H2,(H,38,42). The number of nitrogens with zero attached hydrogens (tertiary/aromatic N) is 2. The van der Waals surface area contributed by atoms with Gasteiger partial charge in [-0.1, -0.05) is 72.8 Å². The summed E-state index contributed by atoms with van der Waals surface area (Å²) in [6.07, 6.45) is 0.871. The van der Waals surface area contributed by atoms with Gasteiger partial charge in [-0.3, -0.25) is 9.59 Å². The van der Waals surface area contributed by atoms with Gasteiger partial charge in [0, 0.05) is 32.6 Å². The van der Waals surface area contributed by atoms with E-state index in [0.717, 1.165) is 11.1 Å². The van der Waals surface area contributed by atoms with Crippen molar-refractivity contribution >= 4 is 21.8 Å². The molecule has 0 spiro atoms. The fourth-order valence-electron chi connectivity index (χ4n) is 5.30. The number of carbonyl (C=O) groups excluding carboxylic acids is 2. The highest BCUT2D eigenvalue weighted by molar-refractivity contribution is 7.89. The SMILES string of the molecule is O=C(NCCc1ccccc1)C(Cc1ccccc1)N(Cc1ccc(F)cc1)C(=O)COc1ccc(S(=O)(=O)N2CCOCC2)cc1. The Kier molecular flexibility index (Phi) is 11.7. The Balaban J connectivity index is 1.33. The molecule has 246 valence electrons. The fourth-order valence-corrected chi connectivity index (χ4v) is 6.71. The van der Waals surface area contributed by atoms with Crippen LogP contribution in [0.4, 0.5) is 4.39 Å². The lowest BCUT2D eigenvalue weighted by Crippen LogP contribution is -2.52. The molecule has 1 fully saturated rings. The minimum absolute atomic E-state index is 0.0445. The Bertz CT molecular complexity index is 1700. The van der Waals surface area contributed by atoms with Gasteiger partial charge in [-0.15, -0.1) is 0 Å². The van der Waals surface area contributed by atoms with Gasteiger partial charge in [0.15, 0.2) is 6.61 Å². The second kappa shape index (κ2) is 16.3. The van der Waals surface area contributed by atoms with Crippen LogP contribution in [-0.4, -0.2) is 74.9 Å². The number of benzene rings is 4. The van der Waals surface area contributed by atoms with Crippen LogP contribution in [0.3, 0.4) is 0 Å². The van der Waals surface area contributed by atoms with Crippen molar-refractivity contribution in [2.45, 2.75) is 30.3 Å². The summed E-state index contributed by atoms with van der Waals surface area (Å²) in [5, 5.41) is 3.00. The Morgan fingerprint density at radius 1 is 0.830 bits per heavy atom. The van der Waals surface area contributed by atoms with Gasteiger partial charge in [0.2, 0.25) is 15.9 Å². The topological polar surface area (TPSA) is 105 Å². The minimum atomic E-state index is -3.69. The van der Waals surface area contributed by atoms with Crippen LogP contribution in [-0.2, 0) is 43.7 Å². The molecule has 0 aromatic heterocycles. The molecule has 11 heteroatoms. The molecule has 0 aliphatic carbocycles. The molecule has 1 atom stereocenters. The van der Waals surface area contributed by atoms with E-state index in [2.05, 4.69) is 5.32 Å². The first-order valence-electron chi connectivity index (χ1n) is 15.5. The molecule has 5 rings (SSSR count). The summed E-state index contributed by atoms with van der Waals surface area (Å²) in [7, 11) is -3.69. The second-order valence-electron chi connectivity index (χ2n) is 11.2. The lowest BCUT2D eigenvalue weighted by Gasteiger charge is -2.31. The van der Waals surface area contributed by atoms with Gasteiger partial charge in [0.05, 0.1) is 18.1 Å². The summed E-state index contributed by atoms with van der Waals surface area (Å²) in [4.78, 5) is 29.2. The summed E-state index contributed by atoms with van der Waals surface area (Å²) in [6.45, 7) is 1.26. The molecular formula is C36H38FN3O6S. The van der Waals surface area contributed by atoms with Crippen LogP contribution >= 0.6 is 0 Å². The largest absolute Gasteiger partial charge is 0.484 e. The molecule has 1 saturated heterocycles. The van der Waals surface area contributed by atoms with Gasteiger partial charge in [-0.2, -0.15) is 4.31 Å². The van der Waals surface area contributed by atoms with E-state index in [1.54, 1.807) is 12.1 Å². The molecule has 1 unspecified atom stereocenters. The van der Waals surface area contributed by atoms with Gasteiger partial charge in [0.1, 0.15) is 17.6 Å². The van der Waals surface area contributed by atoms with Crippen LogP contribution in [0.5, 0.6) is 5.75 Å². The third-order valence-electron chi connectivity index (χ3n) is 7.89. The van der Waals surface area contributed by atoms with E-state index >= 15 is 0 Å². The van der Waals surface area contributed by atoms with Crippen molar-refractivity contribution in [3.8, 4) is 5.75 Å². The van der Waals surface area contributed by atoms with E-state index in [1.165, 1.54) is 45.6 Å². The maximum absolute atomic E-state index is 13.9. The van der Waals surface area contributed by atoms with E-state index in [4.69, 9.17) is 9.47 Å². The lowest BCUT2D eigenvalue weighted by atomic mass is 10.0. The van der Waals surface area contributed by atoms with Crippen molar-refractivity contribution in [2.75, 3.05) is 39.5 Å². The number of rotatable bonds is 14. The third-order valence-corrected chi connectivity index (χ3v) is 9.80. The zero-order valence-corrected chi connectivity index (χ0v) is 26.8. The monoisotopic (exact) mass is 659 g/mol. The molecule has 4 aromatic rings. The number of halogens is 1. The van der Waals surface area contributed by atoms with E-state index in [0.29, 0.717) is 37.5 Å². The zero-order chi connectivity index (χ0) is 33.1. The summed E-state index contributed by atoms with van der Waals surface area (Å²) < 4.78 is 52.2. The Hall–Kier alpha value is -4.58. The quantitative estimate of drug-likeness (QED) is 0.217. The number of amides is 2. The number of nitrogens with one attached hydrogen (secondary N) is 1. The van der Waals surface area contributed by atoms with Crippen molar-refractivity contribution in [1.82, 2.24) is 14.5 Å². The van der Waals surface area contributed by atoms with E-state index < -0.39 is 34.4 Å². The number of morpholine rings is 1. The highest BCUT2D eigenvalue weighted by Crippen LogP contribution is 2.21. The Morgan fingerprint density at radius 3 is 2.09 bits per heavy atom. The van der Waals surface area contributed by atoms with E-state index in [1.807, 2.05) is 60.7 Å². The number of ether oxygens (including phenoxy) is 2. The van der Waals surface area contributed by atoms with Gasteiger partial charge in [-0.25, -0.2) is 12.8 Å². The number of hydrogen-bond donors (Lipinski definition) is 1. The molecule has 1 heterocycles. The first-order chi connectivity index (χ1) is 22.8. The van der Waals surface area contributed by atoms with Crippen LogP contribution in [0.2, 0.25) is 0 Å². The number of hydrogen-bond acceptors (Lipinski definition) is 6. The third kappa shape index (κ3) is 9.47. The molecule has 1 N–H and O–H groups in total. The molecule has 1 aliphatic rings. The summed E-state index contributed by atoms with van der Waals surface area (Å²) in [5.74, 6) is -0.891. The average Bonchev–Trinajstić information content (AvgIpc) is 3.11. The maximum atomic E-state index is 13.9. The van der Waals surface area contributed by atoms with Crippen molar-refractivity contribution in [1.29, 1.82) is 0 Å². The molecule has 2 amide bonds. The second-order valence-corrected chi connectivity index (χ2v) is 13.1. The summed E-state index contributed by atoms with van der Waals surface area (Å²) in [6, 6.07) is 30.0. The number of sulfonamides is 1. The smallest absolute Gasteiger partial charge is 0.261 e. The molecular weight excluding hydrogens is 621 g/mol. The first-order valence-corrected chi connectivity index (χ1v) is 16.9. The van der Waals surface area contributed by atoms with Crippen molar-refractivity contribution in [3.05, 3.63) is 132 Å². The van der Waals surface area contributed by atoms with E-state index in [9.17, 15) is 22.4 Å². The summed E-state index contributed by atoms with van der Waals surface area (Å²) >= 11 is 0. The molecule has 47 heavy (non-hydrogen) atoms. The zero-order valence-electron chi connectivity index (χ0n) is 26.0. The van der Waals surface area contributed by atoms with Crippen LogP contribution in [0.25, 0.3) is 0 Å². The molecule has 0 radical (unpaired) electrons. The van der Waals surface area contributed by atoms with Gasteiger partial charge >= 0.3 is 0 Å². The fraction of sp³-hybridized carbons (Fsp3) is 0.278. The normalized spacial score (nSPS) is 14.2. The van der Waals surface area contributed by atoms with Crippen molar-refractivity contribution < 1.29 is 31.9 Å². The van der Waals surface area contributed by atoms with Crippen LogP contribution in [0, 0.1) is 5.82 Å². The van der Waals surface area contributed by atoms with Crippen molar-refractivity contribution in [2.24, 2.45) is 0 Å². The Labute approximate surface area is 275 Å². The first kappa shape index (κ1) is 33.8. The highest BCUT2D eigenvalue weighted by atomic mass is 32.2.